The average molecular weight is 859 g/mol. The normalized spacial score (nSPS) is 18.3. The molecule has 0 aliphatic heterocycles. The Labute approximate surface area is 358 Å². The van der Waals surface area contributed by atoms with E-state index in [0.29, 0.717) is 5.92 Å². The minimum absolute atomic E-state index is 0. The maximum Gasteiger partial charge on any atom is -1.00 e. The van der Waals surface area contributed by atoms with Crippen molar-refractivity contribution >= 4 is 14.4 Å². The van der Waals surface area contributed by atoms with Gasteiger partial charge in [-0.1, -0.05) is 0 Å². The molecule has 0 nitrogen and oxygen atoms in total. The van der Waals surface area contributed by atoms with E-state index < -0.39 is 21.3 Å². The summed E-state index contributed by atoms with van der Waals surface area (Å²) in [6.07, 6.45) is 10.8. The predicted molar refractivity (Wildman–Crippen MR) is 231 cm³/mol. The molecule has 4 aromatic rings. The van der Waals surface area contributed by atoms with Gasteiger partial charge in [-0.25, -0.2) is 0 Å². The molecule has 0 amide bonds. The van der Waals surface area contributed by atoms with Crippen molar-refractivity contribution in [3.63, 3.8) is 0 Å². The maximum atomic E-state index is 2.67. The molecule has 4 aromatic carbocycles. The van der Waals surface area contributed by atoms with E-state index in [4.69, 9.17) is 0 Å². The van der Waals surface area contributed by atoms with Crippen molar-refractivity contribution in [2.45, 2.75) is 113 Å². The molecule has 0 heterocycles. The SMILES string of the molecule is CC1=CC(C)[C]([Zr+2]([C]2=C(C(C)(C)C)c3cc4c(cc3C2(C)C)Cc2cc3c(cc2-4)C(C(C)(C)C)=CC3(C)C)=[C](Cc2ccccc2)Cc2ccccc2)=C1.[Cl-].[Cl-]. The van der Waals surface area contributed by atoms with Crippen LogP contribution >= 0.6 is 0 Å². The summed E-state index contributed by atoms with van der Waals surface area (Å²) < 4.78 is 5.37. The Bertz CT molecular complexity index is 2320. The number of allylic oxidation sites excluding steroid dienone is 8. The molecule has 0 N–H and O–H groups in total. The van der Waals surface area contributed by atoms with Crippen molar-refractivity contribution in [1.29, 1.82) is 0 Å². The van der Waals surface area contributed by atoms with Crippen LogP contribution in [-0.4, -0.2) is 3.21 Å². The second-order valence-electron chi connectivity index (χ2n) is 20.0. The third-order valence-corrected chi connectivity index (χ3v) is 21.7. The molecule has 0 saturated heterocycles. The van der Waals surface area contributed by atoms with Crippen LogP contribution in [0.5, 0.6) is 0 Å². The predicted octanol–water partition coefficient (Wildman–Crippen LogP) is 7.79. The van der Waals surface area contributed by atoms with E-state index in [0.717, 1.165) is 19.3 Å². The zero-order valence-electron chi connectivity index (χ0n) is 35.8. The molecular weight excluding hydrogens is 799 g/mol. The van der Waals surface area contributed by atoms with Crippen molar-refractivity contribution in [2.24, 2.45) is 16.7 Å². The van der Waals surface area contributed by atoms with Gasteiger partial charge in [0.1, 0.15) is 0 Å². The summed E-state index contributed by atoms with van der Waals surface area (Å²) in [5.74, 6) is 0.475. The van der Waals surface area contributed by atoms with Crippen LogP contribution in [0.25, 0.3) is 22.3 Å². The Balaban J connectivity index is 0.00000266. The van der Waals surface area contributed by atoms with Gasteiger partial charge in [0.15, 0.2) is 0 Å². The molecule has 4 aliphatic rings. The molecule has 8 rings (SSSR count). The number of benzene rings is 4. The van der Waals surface area contributed by atoms with Gasteiger partial charge in [0, 0.05) is 0 Å². The smallest absolute Gasteiger partial charge is 1.00 e. The molecule has 56 heavy (non-hydrogen) atoms. The molecule has 3 heteroatoms. The van der Waals surface area contributed by atoms with Gasteiger partial charge in [-0.3, -0.25) is 0 Å². The van der Waals surface area contributed by atoms with Crippen LogP contribution in [0.2, 0.25) is 0 Å². The first-order valence-electron chi connectivity index (χ1n) is 20.4. The molecule has 0 aromatic heterocycles. The Morgan fingerprint density at radius 2 is 1.20 bits per heavy atom. The average Bonchev–Trinajstić information content (AvgIpc) is 3.77. The first-order valence-corrected chi connectivity index (χ1v) is 24.1. The molecular formula is C53H60Cl2Zr. The molecule has 4 aliphatic carbocycles. The van der Waals surface area contributed by atoms with Gasteiger partial charge in [-0.15, -0.1) is 0 Å². The third kappa shape index (κ3) is 7.37. The minimum Gasteiger partial charge on any atom is -1.00 e. The Morgan fingerprint density at radius 3 is 1.68 bits per heavy atom. The van der Waals surface area contributed by atoms with Gasteiger partial charge in [0.05, 0.1) is 0 Å². The molecule has 0 saturated carbocycles. The van der Waals surface area contributed by atoms with Crippen molar-refractivity contribution in [3.05, 3.63) is 160 Å². The van der Waals surface area contributed by atoms with Crippen LogP contribution in [0.15, 0.2) is 115 Å². The Morgan fingerprint density at radius 1 is 0.679 bits per heavy atom. The van der Waals surface area contributed by atoms with Crippen molar-refractivity contribution in [3.8, 4) is 11.1 Å². The van der Waals surface area contributed by atoms with E-state index in [2.05, 4.69) is 186 Å². The second kappa shape index (κ2) is 15.1. The summed E-state index contributed by atoms with van der Waals surface area (Å²) in [6, 6.07) is 33.2. The largest absolute Gasteiger partial charge is 1.00 e. The number of halogens is 2. The minimum atomic E-state index is -2.79. The molecule has 0 spiro atoms. The van der Waals surface area contributed by atoms with Crippen LogP contribution in [0.1, 0.15) is 128 Å². The first-order chi connectivity index (χ1) is 25.3. The van der Waals surface area contributed by atoms with Crippen LogP contribution in [0.4, 0.5) is 0 Å². The molecule has 1 unspecified atom stereocenters. The van der Waals surface area contributed by atoms with Crippen LogP contribution in [0.3, 0.4) is 0 Å². The fraction of sp³-hybridized carbons (Fsp3) is 0.377. The van der Waals surface area contributed by atoms with Gasteiger partial charge >= 0.3 is 336 Å². The maximum absolute atomic E-state index is 2.79. The zero-order valence-corrected chi connectivity index (χ0v) is 39.7. The van der Waals surface area contributed by atoms with Gasteiger partial charge in [-0.2, -0.15) is 0 Å². The van der Waals surface area contributed by atoms with Crippen LogP contribution in [0, 0.1) is 16.7 Å². The summed E-state index contributed by atoms with van der Waals surface area (Å²) >= 11 is -2.79. The molecule has 290 valence electrons. The fourth-order valence-electron chi connectivity index (χ4n) is 10.4. The standard InChI is InChI=1S/C31H37.C15H14.C7H9.2ClH.Zr/c1-28(2,3)26-16-30(7,8)24-12-18-11-19-13-25-23(15-21(19)20(18)14-22(24)26)27(29(4,5)6)17-31(25,9)10;1-3-8-14(9-4-1)12-7-13-15-10-5-2-6-11-15;1-6-3-4-7(2)5-6;;;/h12-16H,11H2,1-10H3;1-6,8-11H,12-13H2;3,5,7H,1-2H3;2*1H;/q;;;;;+2/p-2. The quantitative estimate of drug-likeness (QED) is 0.164. The van der Waals surface area contributed by atoms with Crippen molar-refractivity contribution in [1.82, 2.24) is 0 Å². The Kier molecular flexibility index (Phi) is 11.5. The Hall–Kier alpha value is -2.83. The zero-order chi connectivity index (χ0) is 38.5. The molecule has 0 radical (unpaired) electrons. The van der Waals surface area contributed by atoms with E-state index in [1.165, 1.54) is 61.2 Å². The number of rotatable bonds is 6. The number of fused-ring (bicyclic) bond motifs is 5. The fourth-order valence-corrected chi connectivity index (χ4v) is 20.8. The van der Waals surface area contributed by atoms with Gasteiger partial charge in [-0.05, 0) is 0 Å². The van der Waals surface area contributed by atoms with E-state index in [-0.39, 0.29) is 46.5 Å². The van der Waals surface area contributed by atoms with E-state index in [1.54, 1.807) is 17.6 Å². The van der Waals surface area contributed by atoms with Crippen LogP contribution in [-0.2, 0) is 51.4 Å². The third-order valence-electron chi connectivity index (χ3n) is 12.8. The summed E-state index contributed by atoms with van der Waals surface area (Å²) in [4.78, 5) is 0. The van der Waals surface area contributed by atoms with Gasteiger partial charge in [0.25, 0.3) is 0 Å². The van der Waals surface area contributed by atoms with Crippen molar-refractivity contribution in [2.75, 3.05) is 0 Å². The summed E-state index contributed by atoms with van der Waals surface area (Å²) in [7, 11) is 0. The van der Waals surface area contributed by atoms with Crippen LogP contribution < -0.4 is 24.8 Å². The number of hydrogen-bond acceptors (Lipinski definition) is 0. The first kappa shape index (κ1) is 42.8. The van der Waals surface area contributed by atoms with E-state index in [1.807, 2.05) is 3.28 Å². The molecule has 1 atom stereocenters. The molecule has 0 bridgehead atoms. The number of hydrogen-bond donors (Lipinski definition) is 0. The van der Waals surface area contributed by atoms with Gasteiger partial charge < -0.3 is 24.8 Å². The van der Waals surface area contributed by atoms with E-state index >= 15 is 0 Å². The van der Waals surface area contributed by atoms with Crippen molar-refractivity contribution < 1.29 is 46.1 Å². The summed E-state index contributed by atoms with van der Waals surface area (Å²) in [5.41, 5.74) is 19.6. The second-order valence-corrected chi connectivity index (χ2v) is 26.3. The van der Waals surface area contributed by atoms with Gasteiger partial charge in [0.2, 0.25) is 0 Å². The topological polar surface area (TPSA) is 0 Å². The van der Waals surface area contributed by atoms with E-state index in [9.17, 15) is 0 Å². The summed E-state index contributed by atoms with van der Waals surface area (Å²) in [6.45, 7) is 29.4. The summed E-state index contributed by atoms with van der Waals surface area (Å²) in [5, 5.41) is 0. The monoisotopic (exact) mass is 856 g/mol. The molecule has 0 fully saturated rings.